The maximum absolute atomic E-state index is 12.2. The number of amides is 1. The van der Waals surface area contributed by atoms with Crippen molar-refractivity contribution in [3.63, 3.8) is 0 Å². The van der Waals surface area contributed by atoms with Gasteiger partial charge in [0, 0.05) is 44.1 Å². The van der Waals surface area contributed by atoms with Gasteiger partial charge in [-0.05, 0) is 44.2 Å². The van der Waals surface area contributed by atoms with Crippen molar-refractivity contribution in [2.45, 2.75) is 19.8 Å². The van der Waals surface area contributed by atoms with Crippen LogP contribution in [0.15, 0.2) is 33.5 Å². The molecular weight excluding hydrogens is 356 g/mol. The molecule has 1 aromatic heterocycles. The number of carbonyl (C=O) groups excluding carboxylic acids is 1. The Kier molecular flexibility index (Phi) is 7.06. The second kappa shape index (κ2) is 9.05. The fourth-order valence-electron chi connectivity index (χ4n) is 3.02. The predicted octanol–water partition coefficient (Wildman–Crippen LogP) is 2.46. The largest absolute Gasteiger partial charge is 0.494 e. The highest BCUT2D eigenvalue weighted by atomic mass is 35.5. The summed E-state index contributed by atoms with van der Waals surface area (Å²) in [6, 6.07) is 6.87. The first kappa shape index (κ1) is 20.3. The Morgan fingerprint density at radius 2 is 1.92 bits per heavy atom. The summed E-state index contributed by atoms with van der Waals surface area (Å²) in [5.41, 5.74) is 1.07. The van der Waals surface area contributed by atoms with Crippen LogP contribution in [-0.2, 0) is 4.79 Å². The lowest BCUT2D eigenvalue weighted by Crippen LogP contribution is -2.47. The number of aryl methyl sites for hydroxylation is 1. The third-order valence-corrected chi connectivity index (χ3v) is 4.58. The first-order valence-electron chi connectivity index (χ1n) is 8.66. The molecule has 0 saturated carbocycles. The predicted molar refractivity (Wildman–Crippen MR) is 103 cm³/mol. The number of hydrogen-bond acceptors (Lipinski definition) is 5. The number of piperazine rings is 1. The van der Waals surface area contributed by atoms with Crippen LogP contribution in [0.3, 0.4) is 0 Å². The number of likely N-dealkylation sites (N-methyl/N-ethyl adjacent to an activating group) is 1. The Labute approximate surface area is 159 Å². The van der Waals surface area contributed by atoms with E-state index in [-0.39, 0.29) is 23.9 Å². The molecule has 1 aliphatic rings. The van der Waals surface area contributed by atoms with Crippen molar-refractivity contribution in [2.24, 2.45) is 0 Å². The van der Waals surface area contributed by atoms with Gasteiger partial charge in [0.15, 0.2) is 0 Å². The standard InChI is InChI=1S/C19H24N2O4.ClH/c1-14-12-19(23)25-17-6-5-15(13-16(14)17)24-11-3-4-18(22)21-9-7-20(2)8-10-21;/h5-6,12-13H,3-4,7-11H2,1-2H3;1H. The summed E-state index contributed by atoms with van der Waals surface area (Å²) >= 11 is 0. The van der Waals surface area contributed by atoms with Crippen molar-refractivity contribution in [2.75, 3.05) is 39.8 Å². The highest BCUT2D eigenvalue weighted by molar-refractivity contribution is 5.85. The summed E-state index contributed by atoms with van der Waals surface area (Å²) < 4.78 is 10.9. The van der Waals surface area contributed by atoms with Gasteiger partial charge in [-0.15, -0.1) is 12.4 Å². The van der Waals surface area contributed by atoms with Crippen LogP contribution in [0.4, 0.5) is 0 Å². The van der Waals surface area contributed by atoms with E-state index in [0.717, 1.165) is 42.9 Å². The molecule has 142 valence electrons. The van der Waals surface area contributed by atoms with Gasteiger partial charge in [0.1, 0.15) is 11.3 Å². The number of nitrogens with zero attached hydrogens (tertiary/aromatic N) is 2. The van der Waals surface area contributed by atoms with Crippen LogP contribution in [0.5, 0.6) is 5.75 Å². The molecule has 7 heteroatoms. The van der Waals surface area contributed by atoms with E-state index in [1.54, 1.807) is 12.1 Å². The molecule has 0 atom stereocenters. The average Bonchev–Trinajstić information content (AvgIpc) is 2.59. The highest BCUT2D eigenvalue weighted by Gasteiger charge is 2.18. The van der Waals surface area contributed by atoms with E-state index in [0.29, 0.717) is 25.0 Å². The van der Waals surface area contributed by atoms with Gasteiger partial charge >= 0.3 is 5.63 Å². The minimum absolute atomic E-state index is 0. The number of ether oxygens (including phenoxy) is 1. The molecule has 0 radical (unpaired) electrons. The zero-order chi connectivity index (χ0) is 17.8. The van der Waals surface area contributed by atoms with E-state index in [9.17, 15) is 9.59 Å². The summed E-state index contributed by atoms with van der Waals surface area (Å²) in [7, 11) is 2.08. The molecule has 6 nitrogen and oxygen atoms in total. The maximum atomic E-state index is 12.2. The normalized spacial score (nSPS) is 14.9. The summed E-state index contributed by atoms with van der Waals surface area (Å²) in [5, 5.41) is 0.866. The average molecular weight is 381 g/mol. The Hall–Kier alpha value is -2.05. The van der Waals surface area contributed by atoms with Gasteiger partial charge in [-0.2, -0.15) is 0 Å². The van der Waals surface area contributed by atoms with Crippen molar-refractivity contribution >= 4 is 29.3 Å². The molecule has 26 heavy (non-hydrogen) atoms. The molecule has 0 aliphatic carbocycles. The lowest BCUT2D eigenvalue weighted by Gasteiger charge is -2.32. The van der Waals surface area contributed by atoms with Crippen molar-refractivity contribution in [3.05, 3.63) is 40.2 Å². The van der Waals surface area contributed by atoms with E-state index in [4.69, 9.17) is 9.15 Å². The van der Waals surface area contributed by atoms with Crippen molar-refractivity contribution < 1.29 is 13.9 Å². The monoisotopic (exact) mass is 380 g/mol. The minimum atomic E-state index is -0.346. The summed E-state index contributed by atoms with van der Waals surface area (Å²) in [6.07, 6.45) is 1.19. The Balaban J connectivity index is 0.00000243. The number of hydrogen-bond donors (Lipinski definition) is 0. The lowest BCUT2D eigenvalue weighted by atomic mass is 10.1. The first-order valence-corrected chi connectivity index (χ1v) is 8.66. The third kappa shape index (κ3) is 4.99. The Morgan fingerprint density at radius 1 is 1.19 bits per heavy atom. The summed E-state index contributed by atoms with van der Waals surface area (Å²) in [4.78, 5) is 27.7. The van der Waals surface area contributed by atoms with Gasteiger partial charge in [-0.3, -0.25) is 4.79 Å². The van der Waals surface area contributed by atoms with Crippen molar-refractivity contribution in [1.29, 1.82) is 0 Å². The third-order valence-electron chi connectivity index (χ3n) is 4.58. The van der Waals surface area contributed by atoms with E-state index in [2.05, 4.69) is 11.9 Å². The molecule has 1 amide bonds. The van der Waals surface area contributed by atoms with Gasteiger partial charge in [0.2, 0.25) is 5.91 Å². The molecule has 2 heterocycles. The fraction of sp³-hybridized carbons (Fsp3) is 0.474. The number of fused-ring (bicyclic) bond motifs is 1. The van der Waals surface area contributed by atoms with E-state index in [1.807, 2.05) is 17.9 Å². The Morgan fingerprint density at radius 3 is 2.65 bits per heavy atom. The highest BCUT2D eigenvalue weighted by Crippen LogP contribution is 2.22. The van der Waals surface area contributed by atoms with Crippen LogP contribution in [0, 0.1) is 6.92 Å². The number of benzene rings is 1. The fourth-order valence-corrected chi connectivity index (χ4v) is 3.02. The topological polar surface area (TPSA) is 63.0 Å². The number of halogens is 1. The molecule has 3 rings (SSSR count). The maximum Gasteiger partial charge on any atom is 0.336 e. The van der Waals surface area contributed by atoms with Crippen LogP contribution in [0.1, 0.15) is 18.4 Å². The van der Waals surface area contributed by atoms with Crippen LogP contribution >= 0.6 is 12.4 Å². The molecule has 1 aliphatic heterocycles. The van der Waals surface area contributed by atoms with E-state index >= 15 is 0 Å². The van der Waals surface area contributed by atoms with Gasteiger partial charge < -0.3 is 19.0 Å². The lowest BCUT2D eigenvalue weighted by molar-refractivity contribution is -0.133. The second-order valence-electron chi connectivity index (χ2n) is 6.54. The first-order chi connectivity index (χ1) is 12.0. The number of rotatable bonds is 5. The van der Waals surface area contributed by atoms with Crippen LogP contribution in [0.25, 0.3) is 11.0 Å². The van der Waals surface area contributed by atoms with Gasteiger partial charge in [0.25, 0.3) is 0 Å². The van der Waals surface area contributed by atoms with Gasteiger partial charge in [0.05, 0.1) is 6.61 Å². The smallest absolute Gasteiger partial charge is 0.336 e. The molecule has 2 aromatic rings. The molecule has 0 unspecified atom stereocenters. The van der Waals surface area contributed by atoms with Crippen molar-refractivity contribution in [1.82, 2.24) is 9.80 Å². The second-order valence-corrected chi connectivity index (χ2v) is 6.54. The summed E-state index contributed by atoms with van der Waals surface area (Å²) in [6.45, 7) is 5.86. The minimum Gasteiger partial charge on any atom is -0.494 e. The SMILES string of the molecule is Cc1cc(=O)oc2ccc(OCCCC(=O)N3CCN(C)CC3)cc12.Cl. The molecule has 1 fully saturated rings. The van der Waals surface area contributed by atoms with Gasteiger partial charge in [-0.1, -0.05) is 0 Å². The van der Waals surface area contributed by atoms with Crippen LogP contribution in [0.2, 0.25) is 0 Å². The zero-order valence-electron chi connectivity index (χ0n) is 15.2. The Bertz CT molecular complexity index is 813. The molecule has 0 N–H and O–H groups in total. The molecule has 1 saturated heterocycles. The number of carbonyl (C=O) groups is 1. The van der Waals surface area contributed by atoms with E-state index in [1.165, 1.54) is 6.07 Å². The molecular formula is C19H25ClN2O4. The molecule has 0 bridgehead atoms. The quantitative estimate of drug-likeness (QED) is 0.589. The van der Waals surface area contributed by atoms with Crippen LogP contribution in [-0.4, -0.2) is 55.5 Å². The molecule has 0 spiro atoms. The summed E-state index contributed by atoms with van der Waals surface area (Å²) in [5.74, 6) is 0.921. The van der Waals surface area contributed by atoms with E-state index < -0.39 is 0 Å². The molecule has 1 aromatic carbocycles. The van der Waals surface area contributed by atoms with Crippen molar-refractivity contribution in [3.8, 4) is 5.75 Å². The van der Waals surface area contributed by atoms with Crippen LogP contribution < -0.4 is 10.4 Å². The van der Waals surface area contributed by atoms with Gasteiger partial charge in [-0.25, -0.2) is 4.79 Å². The zero-order valence-corrected chi connectivity index (χ0v) is 16.0.